The van der Waals surface area contributed by atoms with Crippen LogP contribution in [0.5, 0.6) is 0 Å². The summed E-state index contributed by atoms with van der Waals surface area (Å²) in [5, 5.41) is 0.890. The van der Waals surface area contributed by atoms with E-state index in [0.717, 1.165) is 10.6 Å². The van der Waals surface area contributed by atoms with Gasteiger partial charge in [-0.3, -0.25) is 10.2 Å². The first-order chi connectivity index (χ1) is 19.6. The minimum Gasteiger partial charge on any atom is -0.463 e. The van der Waals surface area contributed by atoms with Gasteiger partial charge in [-0.05, 0) is 70.7 Å². The highest BCUT2D eigenvalue weighted by molar-refractivity contribution is 5.93. The Morgan fingerprint density at radius 1 is 0.976 bits per heavy atom. The number of alkyl halides is 2. The Bertz CT molecular complexity index is 1240. The average molecular weight is 589 g/mol. The van der Waals surface area contributed by atoms with Crippen LogP contribution in [0.3, 0.4) is 0 Å². The number of hydrogen-bond acceptors (Lipinski definition) is 6. The first-order valence-electron chi connectivity index (χ1n) is 13.8. The van der Waals surface area contributed by atoms with E-state index < -0.39 is 47.9 Å². The second kappa shape index (κ2) is 14.9. The van der Waals surface area contributed by atoms with Crippen LogP contribution in [0.25, 0.3) is 6.08 Å². The lowest BCUT2D eigenvalue weighted by atomic mass is 9.76. The van der Waals surface area contributed by atoms with Gasteiger partial charge in [0.25, 0.3) is 5.92 Å². The van der Waals surface area contributed by atoms with Crippen molar-refractivity contribution in [3.8, 4) is 0 Å². The molecule has 0 spiro atoms. The molecule has 2 aromatic rings. The molecule has 230 valence electrons. The maximum Gasteiger partial charge on any atom is 0.428 e. The number of nitrogens with one attached hydrogen (secondary N) is 1. The van der Waals surface area contributed by atoms with Crippen molar-refractivity contribution in [2.75, 3.05) is 20.3 Å². The Morgan fingerprint density at radius 2 is 1.64 bits per heavy atom. The van der Waals surface area contributed by atoms with Gasteiger partial charge in [0, 0.05) is 19.0 Å². The maximum atomic E-state index is 15.0. The summed E-state index contributed by atoms with van der Waals surface area (Å²) in [4.78, 5) is 38.3. The van der Waals surface area contributed by atoms with Crippen LogP contribution in [0.15, 0.2) is 60.2 Å². The molecule has 2 amide bonds. The van der Waals surface area contributed by atoms with Gasteiger partial charge in [-0.25, -0.2) is 23.4 Å². The van der Waals surface area contributed by atoms with E-state index in [1.807, 2.05) is 6.07 Å². The van der Waals surface area contributed by atoms with E-state index in [0.29, 0.717) is 16.7 Å². The number of nitrogens with zero attached hydrogens (tertiary/aromatic N) is 1. The van der Waals surface area contributed by atoms with Crippen molar-refractivity contribution in [1.29, 1.82) is 0 Å². The van der Waals surface area contributed by atoms with Crippen LogP contribution in [0.1, 0.15) is 71.1 Å². The summed E-state index contributed by atoms with van der Waals surface area (Å²) in [6, 6.07) is 15.7. The number of halogens is 2. The molecule has 0 aliphatic carbocycles. The number of benzene rings is 2. The van der Waals surface area contributed by atoms with Crippen molar-refractivity contribution < 1.29 is 37.4 Å². The van der Waals surface area contributed by atoms with Crippen LogP contribution in [0, 0.1) is 0 Å². The predicted octanol–water partition coefficient (Wildman–Crippen LogP) is 6.44. The van der Waals surface area contributed by atoms with Crippen molar-refractivity contribution in [2.45, 2.75) is 77.9 Å². The number of carbonyl (C=O) groups excluding carboxylic acids is 3. The molecule has 2 rings (SSSR count). The fourth-order valence-corrected chi connectivity index (χ4v) is 3.96. The second-order valence-corrected chi connectivity index (χ2v) is 11.3. The van der Waals surface area contributed by atoms with Crippen LogP contribution < -0.4 is 5.43 Å². The second-order valence-electron chi connectivity index (χ2n) is 11.3. The molecule has 0 aromatic heterocycles. The topological polar surface area (TPSA) is 94.2 Å². The van der Waals surface area contributed by atoms with Gasteiger partial charge in [-0.15, -0.1) is 0 Å². The third kappa shape index (κ3) is 10.9. The molecule has 0 aliphatic rings. The quantitative estimate of drug-likeness (QED) is 0.174. The zero-order valence-electron chi connectivity index (χ0n) is 25.5. The number of hydrogen-bond donors (Lipinski definition) is 1. The summed E-state index contributed by atoms with van der Waals surface area (Å²) in [6.45, 7) is 9.32. The van der Waals surface area contributed by atoms with Crippen molar-refractivity contribution in [1.82, 2.24) is 10.4 Å². The van der Waals surface area contributed by atoms with Crippen LogP contribution in [0.2, 0.25) is 0 Å². The summed E-state index contributed by atoms with van der Waals surface area (Å²) in [6.07, 6.45) is -0.144. The van der Waals surface area contributed by atoms with Crippen LogP contribution in [0.4, 0.5) is 13.6 Å². The van der Waals surface area contributed by atoms with Crippen LogP contribution >= 0.6 is 0 Å². The third-order valence-corrected chi connectivity index (χ3v) is 6.36. The minimum absolute atomic E-state index is 0.0308. The molecular weight excluding hydrogens is 546 g/mol. The molecular formula is C32H42F2N2O6. The Hall–Kier alpha value is -3.79. The highest BCUT2D eigenvalue weighted by Gasteiger charge is 2.41. The molecule has 0 fully saturated rings. The van der Waals surface area contributed by atoms with E-state index >= 15 is 8.78 Å². The van der Waals surface area contributed by atoms with Gasteiger partial charge < -0.3 is 14.2 Å². The van der Waals surface area contributed by atoms with Crippen molar-refractivity contribution in [3.05, 3.63) is 76.9 Å². The lowest BCUT2D eigenvalue weighted by Gasteiger charge is -2.33. The highest BCUT2D eigenvalue weighted by Crippen LogP contribution is 2.35. The first kappa shape index (κ1) is 34.4. The smallest absolute Gasteiger partial charge is 0.428 e. The average Bonchev–Trinajstić information content (AvgIpc) is 2.91. The number of carbonyl (C=O) groups is 3. The largest absolute Gasteiger partial charge is 0.463 e. The van der Waals surface area contributed by atoms with Crippen molar-refractivity contribution >= 4 is 24.0 Å². The fourth-order valence-electron chi connectivity index (χ4n) is 3.96. The van der Waals surface area contributed by atoms with Crippen molar-refractivity contribution in [2.24, 2.45) is 0 Å². The van der Waals surface area contributed by atoms with E-state index in [-0.39, 0.29) is 19.6 Å². The lowest BCUT2D eigenvalue weighted by molar-refractivity contribution is -0.138. The van der Waals surface area contributed by atoms with Crippen molar-refractivity contribution in [3.63, 3.8) is 0 Å². The monoisotopic (exact) mass is 588 g/mol. The normalized spacial score (nSPS) is 13.6. The first-order valence-corrected chi connectivity index (χ1v) is 13.8. The Morgan fingerprint density at radius 3 is 2.26 bits per heavy atom. The number of rotatable bonds is 12. The highest BCUT2D eigenvalue weighted by atomic mass is 19.3. The SMILES string of the molecule is CCOC(=O)/C(C)=C/c1cccc(C(C)(CCC(F)(F)COCc2ccccc2)C(=O)NN(C)C(=O)OC(C)(C)C)c1. The standard InChI is InChI=1S/C32H42F2N2O6/c1-8-41-27(37)23(2)19-25-15-12-16-26(20-25)31(6,28(38)35-36(7)29(39)42-30(3,4)5)17-18-32(33,34)22-40-21-24-13-10-9-11-14-24/h9-16,19-20H,8,17-18,21-22H2,1-7H3,(H,35,38)/b23-19+. The predicted molar refractivity (Wildman–Crippen MR) is 156 cm³/mol. The van der Waals surface area contributed by atoms with E-state index in [1.165, 1.54) is 14.0 Å². The van der Waals surface area contributed by atoms with E-state index in [2.05, 4.69) is 5.43 Å². The molecule has 1 N–H and O–H groups in total. The molecule has 0 radical (unpaired) electrons. The Balaban J connectivity index is 2.31. The minimum atomic E-state index is -3.23. The third-order valence-electron chi connectivity index (χ3n) is 6.36. The van der Waals surface area contributed by atoms with Gasteiger partial charge >= 0.3 is 12.1 Å². The molecule has 1 unspecified atom stereocenters. The number of esters is 1. The van der Waals surface area contributed by atoms with Gasteiger partial charge in [0.15, 0.2) is 0 Å². The number of hydrazine groups is 1. The van der Waals surface area contributed by atoms with E-state index in [4.69, 9.17) is 14.2 Å². The molecule has 1 atom stereocenters. The molecule has 2 aromatic carbocycles. The van der Waals surface area contributed by atoms with Gasteiger partial charge in [0.1, 0.15) is 12.2 Å². The zero-order valence-corrected chi connectivity index (χ0v) is 25.5. The van der Waals surface area contributed by atoms with E-state index in [9.17, 15) is 14.4 Å². The van der Waals surface area contributed by atoms with E-state index in [1.54, 1.807) is 89.2 Å². The van der Waals surface area contributed by atoms with Gasteiger partial charge in [-0.1, -0.05) is 54.6 Å². The number of ether oxygens (including phenoxy) is 3. The molecule has 10 heteroatoms. The molecule has 0 bridgehead atoms. The Labute approximate surface area is 247 Å². The number of amides is 2. The summed E-state index contributed by atoms with van der Waals surface area (Å²) < 4.78 is 45.7. The fraction of sp³-hybridized carbons (Fsp3) is 0.469. The van der Waals surface area contributed by atoms with Gasteiger partial charge in [-0.2, -0.15) is 0 Å². The Kier molecular flexibility index (Phi) is 12.2. The molecule has 0 saturated heterocycles. The van der Waals surface area contributed by atoms with Gasteiger partial charge in [0.05, 0.1) is 18.6 Å². The zero-order chi connectivity index (χ0) is 31.6. The molecule has 0 saturated carbocycles. The summed E-state index contributed by atoms with van der Waals surface area (Å²) in [7, 11) is 1.32. The summed E-state index contributed by atoms with van der Waals surface area (Å²) >= 11 is 0. The molecule has 8 nitrogen and oxygen atoms in total. The van der Waals surface area contributed by atoms with Crippen LogP contribution in [-0.4, -0.2) is 54.8 Å². The van der Waals surface area contributed by atoms with Gasteiger partial charge in [0.2, 0.25) is 5.91 Å². The maximum absolute atomic E-state index is 15.0. The lowest BCUT2D eigenvalue weighted by Crippen LogP contribution is -2.52. The molecule has 42 heavy (non-hydrogen) atoms. The molecule has 0 aliphatic heterocycles. The summed E-state index contributed by atoms with van der Waals surface area (Å²) in [5.74, 6) is -4.40. The molecule has 0 heterocycles. The summed E-state index contributed by atoms with van der Waals surface area (Å²) in [5.41, 5.74) is 2.29. The van der Waals surface area contributed by atoms with Crippen LogP contribution in [-0.2, 0) is 35.8 Å².